The van der Waals surface area contributed by atoms with Crippen LogP contribution in [0.5, 0.6) is 0 Å². The molecule has 4 bridgehead atoms. The van der Waals surface area contributed by atoms with Crippen molar-refractivity contribution in [1.82, 2.24) is 15.5 Å². The molecular weight excluding hydrogens is 399 g/mol. The van der Waals surface area contributed by atoms with Crippen LogP contribution in [0.25, 0.3) is 0 Å². The second-order valence-electron chi connectivity index (χ2n) is 9.69. The Bertz CT molecular complexity index is 839. The molecule has 8 heteroatoms. The van der Waals surface area contributed by atoms with E-state index < -0.39 is 17.8 Å². The van der Waals surface area contributed by atoms with E-state index in [2.05, 4.69) is 10.6 Å². The summed E-state index contributed by atoms with van der Waals surface area (Å²) in [6, 6.07) is 4.17. The van der Waals surface area contributed by atoms with Crippen LogP contribution in [0.4, 0.5) is 9.18 Å². The molecule has 0 aromatic heterocycles. The fourth-order valence-electron chi connectivity index (χ4n) is 6.41. The number of nitrogens with one attached hydrogen (secondary N) is 2. The molecule has 0 heterocycles. The van der Waals surface area contributed by atoms with Crippen LogP contribution in [0.3, 0.4) is 0 Å². The Morgan fingerprint density at radius 3 is 2.32 bits per heavy atom. The fourth-order valence-corrected chi connectivity index (χ4v) is 6.41. The molecule has 1 aromatic rings. The third-order valence-electron chi connectivity index (χ3n) is 7.26. The van der Waals surface area contributed by atoms with Gasteiger partial charge in [-0.1, -0.05) is 12.1 Å². The second kappa shape index (κ2) is 8.48. The number of amides is 4. The third kappa shape index (κ3) is 4.67. The summed E-state index contributed by atoms with van der Waals surface area (Å²) >= 11 is 0. The summed E-state index contributed by atoms with van der Waals surface area (Å²) in [5.74, 6) is 0.589. The first-order valence-corrected chi connectivity index (χ1v) is 11.1. The van der Waals surface area contributed by atoms with E-state index in [0.29, 0.717) is 5.56 Å². The maximum atomic E-state index is 13.5. The van der Waals surface area contributed by atoms with Crippen LogP contribution in [0.2, 0.25) is 0 Å². The van der Waals surface area contributed by atoms with Gasteiger partial charge in [-0.3, -0.25) is 9.59 Å². The predicted octanol–water partition coefficient (Wildman–Crippen LogP) is 2.47. The summed E-state index contributed by atoms with van der Waals surface area (Å²) in [6.07, 6.45) is 7.09. The topological polar surface area (TPSA) is 105 Å². The van der Waals surface area contributed by atoms with Gasteiger partial charge in [-0.05, 0) is 74.0 Å². The van der Waals surface area contributed by atoms with Crippen molar-refractivity contribution < 1.29 is 18.8 Å². The van der Waals surface area contributed by atoms with Gasteiger partial charge in [0.05, 0.1) is 0 Å². The molecule has 1 unspecified atom stereocenters. The number of benzene rings is 1. The number of hydrogen-bond acceptors (Lipinski definition) is 3. The number of carbonyl (C=O) groups is 3. The van der Waals surface area contributed by atoms with Gasteiger partial charge in [-0.2, -0.15) is 0 Å². The van der Waals surface area contributed by atoms with Crippen LogP contribution in [0.15, 0.2) is 24.3 Å². The molecular formula is C23H31FN4O3. The van der Waals surface area contributed by atoms with Crippen molar-refractivity contribution in [3.8, 4) is 0 Å². The van der Waals surface area contributed by atoms with Crippen molar-refractivity contribution >= 4 is 17.8 Å². The first-order chi connectivity index (χ1) is 14.7. The van der Waals surface area contributed by atoms with Gasteiger partial charge in [0.1, 0.15) is 11.9 Å². The minimum Gasteiger partial charge on any atom is -0.368 e. The largest absolute Gasteiger partial charge is 0.368 e. The first-order valence-electron chi connectivity index (χ1n) is 11.1. The average Bonchev–Trinajstić information content (AvgIpc) is 2.66. The lowest BCUT2D eigenvalue weighted by Crippen LogP contribution is -2.61. The number of hydrogen-bond donors (Lipinski definition) is 3. The molecule has 1 aromatic carbocycles. The molecule has 0 saturated heterocycles. The van der Waals surface area contributed by atoms with Gasteiger partial charge in [-0.15, -0.1) is 0 Å². The summed E-state index contributed by atoms with van der Waals surface area (Å²) in [4.78, 5) is 38.2. The Balaban J connectivity index is 1.28. The third-order valence-corrected chi connectivity index (χ3v) is 7.26. The molecule has 1 atom stereocenters. The highest BCUT2D eigenvalue weighted by atomic mass is 19.1. The predicted molar refractivity (Wildman–Crippen MR) is 113 cm³/mol. The zero-order chi connectivity index (χ0) is 22.2. The van der Waals surface area contributed by atoms with Crippen LogP contribution >= 0.6 is 0 Å². The minimum atomic E-state index is -1.07. The van der Waals surface area contributed by atoms with Crippen molar-refractivity contribution in [3.63, 3.8) is 0 Å². The van der Waals surface area contributed by atoms with Crippen molar-refractivity contribution in [2.24, 2.45) is 23.5 Å². The lowest BCUT2D eigenvalue weighted by molar-refractivity contribution is -0.137. The van der Waals surface area contributed by atoms with Crippen molar-refractivity contribution in [1.29, 1.82) is 0 Å². The molecule has 168 valence electrons. The Hall–Kier alpha value is -2.64. The van der Waals surface area contributed by atoms with E-state index in [1.165, 1.54) is 49.4 Å². The van der Waals surface area contributed by atoms with Gasteiger partial charge in [0.2, 0.25) is 11.8 Å². The highest BCUT2D eigenvalue weighted by molar-refractivity contribution is 5.87. The van der Waals surface area contributed by atoms with E-state index in [1.807, 2.05) is 0 Å². The number of nitrogens with two attached hydrogens (primary N) is 1. The Kier molecular flexibility index (Phi) is 5.90. The molecule has 7 nitrogen and oxygen atoms in total. The highest BCUT2D eigenvalue weighted by Crippen LogP contribution is 2.55. The van der Waals surface area contributed by atoms with Gasteiger partial charge in [0.15, 0.2) is 0 Å². The summed E-state index contributed by atoms with van der Waals surface area (Å²) < 4.78 is 13.5. The number of rotatable bonds is 7. The zero-order valence-corrected chi connectivity index (χ0v) is 17.9. The van der Waals surface area contributed by atoms with Crippen molar-refractivity contribution in [3.05, 3.63) is 35.6 Å². The second-order valence-corrected chi connectivity index (χ2v) is 9.69. The van der Waals surface area contributed by atoms with Gasteiger partial charge in [-0.25, -0.2) is 9.18 Å². The smallest absolute Gasteiger partial charge is 0.315 e. The number of halogens is 1. The van der Waals surface area contributed by atoms with Gasteiger partial charge in [0.25, 0.3) is 0 Å². The molecule has 5 rings (SSSR count). The van der Waals surface area contributed by atoms with Crippen LogP contribution < -0.4 is 16.4 Å². The van der Waals surface area contributed by atoms with Gasteiger partial charge >= 0.3 is 6.03 Å². The number of carbonyl (C=O) groups excluding carboxylic acids is 3. The van der Waals surface area contributed by atoms with E-state index in [-0.39, 0.29) is 30.4 Å². The molecule has 0 spiro atoms. The lowest BCUT2D eigenvalue weighted by atomic mass is 9.53. The summed E-state index contributed by atoms with van der Waals surface area (Å²) in [7, 11) is 1.46. The fraction of sp³-hybridized carbons (Fsp3) is 0.609. The van der Waals surface area contributed by atoms with Crippen LogP contribution in [0, 0.1) is 23.6 Å². The maximum absolute atomic E-state index is 13.5. The minimum absolute atomic E-state index is 0.0177. The average molecular weight is 431 g/mol. The number of likely N-dealkylation sites (N-methyl/N-ethyl adjacent to an activating group) is 1. The summed E-state index contributed by atoms with van der Waals surface area (Å²) in [5.41, 5.74) is 5.69. The van der Waals surface area contributed by atoms with Gasteiger partial charge in [0, 0.05) is 25.6 Å². The zero-order valence-electron chi connectivity index (χ0n) is 17.9. The molecule has 4 fully saturated rings. The summed E-state index contributed by atoms with van der Waals surface area (Å²) in [5, 5.41) is 6.00. The van der Waals surface area contributed by atoms with Crippen molar-refractivity contribution in [2.75, 3.05) is 13.6 Å². The number of primary amides is 1. The first kappa shape index (κ1) is 21.6. The van der Waals surface area contributed by atoms with Crippen molar-refractivity contribution in [2.45, 2.75) is 56.5 Å². The molecule has 4 aliphatic carbocycles. The number of urea groups is 1. The van der Waals surface area contributed by atoms with E-state index >= 15 is 0 Å². The van der Waals surface area contributed by atoms with Crippen LogP contribution in [0.1, 0.15) is 56.6 Å². The Morgan fingerprint density at radius 2 is 1.77 bits per heavy atom. The van der Waals surface area contributed by atoms with E-state index in [1.54, 1.807) is 6.07 Å². The maximum Gasteiger partial charge on any atom is 0.315 e. The molecule has 4 amide bonds. The number of nitrogens with zero attached hydrogens (tertiary/aromatic N) is 1. The Morgan fingerprint density at radius 1 is 1.16 bits per heavy atom. The Labute approximate surface area is 181 Å². The molecule has 4 saturated carbocycles. The molecule has 0 radical (unpaired) electrons. The molecule has 31 heavy (non-hydrogen) atoms. The summed E-state index contributed by atoms with van der Waals surface area (Å²) in [6.45, 7) is 0.149. The quantitative estimate of drug-likeness (QED) is 0.619. The SMILES string of the molecule is CN(C(=O)CCNC(=O)NC12CC3CC(CC(C3)C1)C2)C(C(N)=O)c1cccc(F)c1. The monoisotopic (exact) mass is 430 g/mol. The van der Waals surface area contributed by atoms with E-state index in [9.17, 15) is 18.8 Å². The normalized spacial score (nSPS) is 29.3. The van der Waals surface area contributed by atoms with E-state index in [4.69, 9.17) is 5.73 Å². The molecule has 0 aliphatic heterocycles. The van der Waals surface area contributed by atoms with Gasteiger partial charge < -0.3 is 21.3 Å². The van der Waals surface area contributed by atoms with E-state index in [0.717, 1.165) is 37.0 Å². The lowest BCUT2D eigenvalue weighted by Gasteiger charge is -2.56. The van der Waals surface area contributed by atoms with Crippen LogP contribution in [-0.2, 0) is 9.59 Å². The molecule has 4 aliphatic rings. The van der Waals surface area contributed by atoms with Crippen LogP contribution in [-0.4, -0.2) is 41.9 Å². The standard InChI is InChI=1S/C23H31FN4O3/c1-28(20(21(25)30)17-3-2-4-18(24)10-17)19(29)5-6-26-22(31)27-23-11-14-7-15(12-23)9-16(8-14)13-23/h2-4,10,14-16,20H,5-9,11-13H2,1H3,(H2,25,30)(H2,26,27,31). The highest BCUT2D eigenvalue weighted by Gasteiger charge is 2.51. The molecule has 4 N–H and O–H groups in total.